The third kappa shape index (κ3) is 5.08. The van der Waals surface area contributed by atoms with Crippen molar-refractivity contribution >= 4 is 22.7 Å². The number of aromatic nitrogens is 1. The van der Waals surface area contributed by atoms with Crippen LogP contribution in [0.2, 0.25) is 0 Å². The Hall–Kier alpha value is -4.49. The molecule has 2 heterocycles. The van der Waals surface area contributed by atoms with Crippen molar-refractivity contribution in [3.8, 4) is 16.9 Å². The molecular formula is C27H23F4N3O6. The van der Waals surface area contributed by atoms with Crippen LogP contribution in [0.1, 0.15) is 21.6 Å². The summed E-state index contributed by atoms with van der Waals surface area (Å²) in [7, 11) is 2.69. The molecule has 2 aromatic heterocycles. The van der Waals surface area contributed by atoms with Crippen LogP contribution in [-0.2, 0) is 11.2 Å². The molecule has 0 aliphatic rings. The van der Waals surface area contributed by atoms with Crippen LogP contribution in [0.3, 0.4) is 0 Å². The van der Waals surface area contributed by atoms with E-state index in [9.17, 15) is 33.2 Å². The first kappa shape index (κ1) is 28.5. The number of nitro groups is 1. The van der Waals surface area contributed by atoms with Crippen LogP contribution in [0.5, 0.6) is 5.75 Å². The SMILES string of the molecule is COCCNc1cc(OC)c(-c2cccn3c(C(=O)c4cc(F)c(F)c(F)c4)cc(CCO)c23)c(F)c1[N+](=O)[O-]. The fourth-order valence-electron chi connectivity index (χ4n) is 4.49. The Bertz CT molecular complexity index is 1600. The largest absolute Gasteiger partial charge is 0.496 e. The smallest absolute Gasteiger partial charge is 0.328 e. The first-order valence-corrected chi connectivity index (χ1v) is 11.9. The second-order valence-corrected chi connectivity index (χ2v) is 8.59. The number of methoxy groups -OCH3 is 2. The van der Waals surface area contributed by atoms with Gasteiger partial charge in [0.25, 0.3) is 0 Å². The molecule has 0 saturated carbocycles. The predicted octanol–water partition coefficient (Wildman–Crippen LogP) is 4.90. The number of carbonyl (C=O) groups excluding carboxylic acids is 1. The van der Waals surface area contributed by atoms with Gasteiger partial charge in [0.05, 0.1) is 35.4 Å². The quantitative estimate of drug-likeness (QED) is 0.0668. The fraction of sp³-hybridized carbons (Fsp3) is 0.222. The van der Waals surface area contributed by atoms with E-state index in [-0.39, 0.29) is 60.0 Å². The number of ketones is 1. The Morgan fingerprint density at radius 2 is 1.80 bits per heavy atom. The van der Waals surface area contributed by atoms with Crippen molar-refractivity contribution in [2.24, 2.45) is 0 Å². The van der Waals surface area contributed by atoms with E-state index in [0.29, 0.717) is 17.7 Å². The van der Waals surface area contributed by atoms with Gasteiger partial charge in [0, 0.05) is 43.7 Å². The Balaban J connectivity index is 1.99. The number of aliphatic hydroxyl groups excluding tert-OH is 1. The van der Waals surface area contributed by atoms with Crippen molar-refractivity contribution in [2.45, 2.75) is 6.42 Å². The molecule has 0 amide bonds. The average Bonchev–Trinajstić information content (AvgIpc) is 3.29. The summed E-state index contributed by atoms with van der Waals surface area (Å²) in [6.45, 7) is -0.0523. The van der Waals surface area contributed by atoms with Crippen LogP contribution in [0.15, 0.2) is 42.6 Å². The second kappa shape index (κ2) is 11.7. The molecular weight excluding hydrogens is 538 g/mol. The van der Waals surface area contributed by atoms with Crippen LogP contribution >= 0.6 is 0 Å². The highest BCUT2D eigenvalue weighted by molar-refractivity contribution is 6.09. The number of ether oxygens (including phenoxy) is 2. The summed E-state index contributed by atoms with van der Waals surface area (Å²) in [6.07, 6.45) is 1.39. The first-order chi connectivity index (χ1) is 19.1. The number of halogens is 4. The molecule has 9 nitrogen and oxygen atoms in total. The standard InChI is InChI=1S/C27H23F4N3O6/c1-39-9-6-32-19-13-21(40-2)22(24(31)26(19)34(37)38)16-4-3-7-33-20(12-14(5-8-35)25(16)33)27(36)15-10-17(28)23(30)18(29)11-15/h3-4,7,10-13,32,35H,5-6,8-9H2,1-2H3. The van der Waals surface area contributed by atoms with Gasteiger partial charge in [0.2, 0.25) is 11.6 Å². The zero-order chi connectivity index (χ0) is 29.1. The lowest BCUT2D eigenvalue weighted by molar-refractivity contribution is -0.386. The molecule has 0 fully saturated rings. The summed E-state index contributed by atoms with van der Waals surface area (Å²) in [5.41, 5.74) is -1.29. The number of fused-ring (bicyclic) bond motifs is 1. The maximum Gasteiger partial charge on any atom is 0.328 e. The lowest BCUT2D eigenvalue weighted by Gasteiger charge is -2.16. The van der Waals surface area contributed by atoms with Gasteiger partial charge in [-0.25, -0.2) is 13.2 Å². The van der Waals surface area contributed by atoms with Crippen LogP contribution in [0.25, 0.3) is 16.6 Å². The summed E-state index contributed by atoms with van der Waals surface area (Å²) in [5, 5.41) is 24.3. The van der Waals surface area contributed by atoms with Gasteiger partial charge < -0.3 is 24.3 Å². The van der Waals surface area contributed by atoms with E-state index in [1.54, 1.807) is 0 Å². The molecule has 0 aliphatic heterocycles. The molecule has 0 unspecified atom stereocenters. The van der Waals surface area contributed by atoms with Gasteiger partial charge in [-0.3, -0.25) is 14.9 Å². The molecule has 4 aromatic rings. The van der Waals surface area contributed by atoms with Crippen molar-refractivity contribution in [1.29, 1.82) is 0 Å². The fourth-order valence-corrected chi connectivity index (χ4v) is 4.49. The second-order valence-electron chi connectivity index (χ2n) is 8.59. The molecule has 0 spiro atoms. The molecule has 0 radical (unpaired) electrons. The van der Waals surface area contributed by atoms with E-state index in [1.165, 1.54) is 49.1 Å². The molecule has 13 heteroatoms. The molecule has 0 saturated heterocycles. The van der Waals surface area contributed by atoms with Crippen LogP contribution in [0, 0.1) is 33.4 Å². The van der Waals surface area contributed by atoms with E-state index >= 15 is 4.39 Å². The third-order valence-electron chi connectivity index (χ3n) is 6.23. The molecule has 0 atom stereocenters. The van der Waals surface area contributed by atoms with Crippen molar-refractivity contribution in [3.63, 3.8) is 0 Å². The number of nitrogens with zero attached hydrogens (tertiary/aromatic N) is 2. The van der Waals surface area contributed by atoms with E-state index < -0.39 is 45.2 Å². The first-order valence-electron chi connectivity index (χ1n) is 11.9. The Labute approximate surface area is 224 Å². The van der Waals surface area contributed by atoms with E-state index in [0.717, 1.165) is 0 Å². The van der Waals surface area contributed by atoms with Crippen LogP contribution in [0.4, 0.5) is 28.9 Å². The highest BCUT2D eigenvalue weighted by Crippen LogP contribution is 2.44. The third-order valence-corrected chi connectivity index (χ3v) is 6.23. The number of carbonyl (C=O) groups is 1. The summed E-state index contributed by atoms with van der Waals surface area (Å²) >= 11 is 0. The number of nitrogens with one attached hydrogen (secondary N) is 1. The summed E-state index contributed by atoms with van der Waals surface area (Å²) in [5.74, 6) is -7.01. The van der Waals surface area contributed by atoms with E-state index in [2.05, 4.69) is 5.32 Å². The molecule has 40 heavy (non-hydrogen) atoms. The van der Waals surface area contributed by atoms with E-state index in [4.69, 9.17) is 9.47 Å². The Morgan fingerprint density at radius 3 is 2.40 bits per heavy atom. The topological polar surface area (TPSA) is 115 Å². The van der Waals surface area contributed by atoms with Gasteiger partial charge in [-0.1, -0.05) is 6.07 Å². The van der Waals surface area contributed by atoms with Crippen molar-refractivity contribution in [2.75, 3.05) is 39.3 Å². The van der Waals surface area contributed by atoms with Gasteiger partial charge >= 0.3 is 5.69 Å². The number of anilines is 1. The zero-order valence-corrected chi connectivity index (χ0v) is 21.3. The maximum atomic E-state index is 16.0. The minimum absolute atomic E-state index is 0.0252. The van der Waals surface area contributed by atoms with Crippen molar-refractivity contribution in [1.82, 2.24) is 4.40 Å². The molecule has 2 N–H and O–H groups in total. The number of aliphatic hydroxyl groups is 1. The lowest BCUT2D eigenvalue weighted by atomic mass is 9.99. The Morgan fingerprint density at radius 1 is 1.10 bits per heavy atom. The van der Waals surface area contributed by atoms with Crippen LogP contribution in [-0.4, -0.2) is 54.2 Å². The van der Waals surface area contributed by atoms with Crippen LogP contribution < -0.4 is 10.1 Å². The number of hydrogen-bond acceptors (Lipinski definition) is 7. The molecule has 4 rings (SSSR count). The molecule has 2 aromatic carbocycles. The van der Waals surface area contributed by atoms with E-state index in [1.807, 2.05) is 0 Å². The summed E-state index contributed by atoms with van der Waals surface area (Å²) in [4.78, 5) is 24.3. The summed E-state index contributed by atoms with van der Waals surface area (Å²) < 4.78 is 68.9. The number of nitro benzene ring substituents is 1. The number of pyridine rings is 1. The number of hydrogen-bond donors (Lipinski definition) is 2. The van der Waals surface area contributed by atoms with Gasteiger partial charge in [0.1, 0.15) is 11.4 Å². The van der Waals surface area contributed by atoms with Gasteiger partial charge in [0.15, 0.2) is 17.5 Å². The Kier molecular flexibility index (Phi) is 8.35. The monoisotopic (exact) mass is 561 g/mol. The minimum Gasteiger partial charge on any atom is -0.496 e. The normalized spacial score (nSPS) is 11.2. The number of benzene rings is 2. The highest BCUT2D eigenvalue weighted by Gasteiger charge is 2.30. The van der Waals surface area contributed by atoms with Crippen molar-refractivity contribution in [3.05, 3.63) is 92.8 Å². The highest BCUT2D eigenvalue weighted by atomic mass is 19.2. The number of rotatable bonds is 11. The molecule has 0 aliphatic carbocycles. The maximum absolute atomic E-state index is 16.0. The molecule has 0 bridgehead atoms. The summed E-state index contributed by atoms with van der Waals surface area (Å²) in [6, 6.07) is 6.60. The predicted molar refractivity (Wildman–Crippen MR) is 137 cm³/mol. The van der Waals surface area contributed by atoms with Gasteiger partial charge in [-0.2, -0.15) is 4.39 Å². The average molecular weight is 561 g/mol. The zero-order valence-electron chi connectivity index (χ0n) is 21.3. The van der Waals surface area contributed by atoms with Gasteiger partial charge in [-0.05, 0) is 36.2 Å². The van der Waals surface area contributed by atoms with Gasteiger partial charge in [-0.15, -0.1) is 0 Å². The lowest BCUT2D eigenvalue weighted by Crippen LogP contribution is -2.11. The van der Waals surface area contributed by atoms with Crippen molar-refractivity contribution < 1.29 is 41.9 Å². The molecule has 210 valence electrons. The minimum atomic E-state index is -1.73.